The van der Waals surface area contributed by atoms with E-state index in [-0.39, 0.29) is 5.91 Å². The number of nitrogens with zero attached hydrogens (tertiary/aromatic N) is 1. The molecule has 21 heavy (non-hydrogen) atoms. The van der Waals surface area contributed by atoms with E-state index in [1.807, 2.05) is 24.3 Å². The number of halogens is 1. The van der Waals surface area contributed by atoms with Crippen LogP contribution in [-0.4, -0.2) is 16.9 Å². The van der Waals surface area contributed by atoms with Crippen molar-refractivity contribution < 1.29 is 4.79 Å². The first kappa shape index (κ1) is 15.5. The second-order valence-corrected chi connectivity index (χ2v) is 5.67. The summed E-state index contributed by atoms with van der Waals surface area (Å²) < 4.78 is 0.762. The zero-order chi connectivity index (χ0) is 15.2. The molecule has 5 heteroatoms. The van der Waals surface area contributed by atoms with Crippen molar-refractivity contribution in [3.05, 3.63) is 52.6 Å². The van der Waals surface area contributed by atoms with Crippen LogP contribution in [-0.2, 0) is 0 Å². The summed E-state index contributed by atoms with van der Waals surface area (Å²) in [6, 6.07) is 11.4. The molecule has 0 saturated heterocycles. The van der Waals surface area contributed by atoms with Crippen molar-refractivity contribution in [2.24, 2.45) is 0 Å². The van der Waals surface area contributed by atoms with Crippen LogP contribution in [0.3, 0.4) is 0 Å². The Balaban J connectivity index is 2.03. The van der Waals surface area contributed by atoms with Gasteiger partial charge in [-0.25, -0.2) is 4.98 Å². The van der Waals surface area contributed by atoms with Crippen LogP contribution >= 0.6 is 15.9 Å². The van der Waals surface area contributed by atoms with E-state index in [1.165, 1.54) is 0 Å². The molecule has 2 aromatic rings. The molecule has 0 bridgehead atoms. The normalized spacial score (nSPS) is 11.8. The predicted molar refractivity (Wildman–Crippen MR) is 89.7 cm³/mol. The maximum absolute atomic E-state index is 12.1. The third-order valence-electron chi connectivity index (χ3n) is 3.15. The first-order chi connectivity index (χ1) is 10.1. The van der Waals surface area contributed by atoms with Crippen molar-refractivity contribution >= 4 is 33.3 Å². The van der Waals surface area contributed by atoms with Gasteiger partial charge in [0.15, 0.2) is 0 Å². The fourth-order valence-corrected chi connectivity index (χ4v) is 2.23. The van der Waals surface area contributed by atoms with Gasteiger partial charge in [-0.05, 0) is 53.5 Å². The highest BCUT2D eigenvalue weighted by Crippen LogP contribution is 2.18. The highest BCUT2D eigenvalue weighted by Gasteiger charge is 2.10. The van der Waals surface area contributed by atoms with Gasteiger partial charge < -0.3 is 10.6 Å². The highest BCUT2D eigenvalue weighted by molar-refractivity contribution is 9.10. The van der Waals surface area contributed by atoms with Crippen LogP contribution < -0.4 is 10.6 Å². The monoisotopic (exact) mass is 347 g/mol. The fraction of sp³-hybridized carbons (Fsp3) is 0.250. The van der Waals surface area contributed by atoms with Gasteiger partial charge in [-0.2, -0.15) is 0 Å². The van der Waals surface area contributed by atoms with E-state index in [2.05, 4.69) is 45.4 Å². The molecule has 0 saturated carbocycles. The quantitative estimate of drug-likeness (QED) is 0.847. The van der Waals surface area contributed by atoms with Gasteiger partial charge >= 0.3 is 0 Å². The van der Waals surface area contributed by atoms with Crippen LogP contribution in [0.2, 0.25) is 0 Å². The summed E-state index contributed by atoms with van der Waals surface area (Å²) in [5.74, 6) is 0.350. The molecule has 4 nitrogen and oxygen atoms in total. The molecule has 0 fully saturated rings. The number of benzene rings is 1. The molecular weight excluding hydrogens is 330 g/mol. The second-order valence-electron chi connectivity index (χ2n) is 4.82. The number of amides is 1. The standard InChI is InChI=1S/C16H18BrN3O/c1-3-11(2)19-12-8-9-15(18-10-12)20-16(21)13-6-4-5-7-14(13)17/h4-11,19H,3H2,1-2H3,(H,18,20,21). The Kier molecular flexibility index (Phi) is 5.33. The van der Waals surface area contributed by atoms with E-state index in [9.17, 15) is 4.79 Å². The molecule has 1 aromatic heterocycles. The van der Waals surface area contributed by atoms with Gasteiger partial charge in [0.25, 0.3) is 5.91 Å². The van der Waals surface area contributed by atoms with Crippen LogP contribution in [0.1, 0.15) is 30.6 Å². The number of hydrogen-bond donors (Lipinski definition) is 2. The first-order valence-corrected chi connectivity index (χ1v) is 7.68. The molecule has 2 N–H and O–H groups in total. The maximum Gasteiger partial charge on any atom is 0.257 e. The third-order valence-corrected chi connectivity index (χ3v) is 3.84. The number of nitrogens with one attached hydrogen (secondary N) is 2. The Bertz CT molecular complexity index is 613. The van der Waals surface area contributed by atoms with Crippen LogP contribution in [0.4, 0.5) is 11.5 Å². The van der Waals surface area contributed by atoms with E-state index in [4.69, 9.17) is 0 Å². The summed E-state index contributed by atoms with van der Waals surface area (Å²) in [5.41, 5.74) is 1.53. The van der Waals surface area contributed by atoms with Gasteiger partial charge in [0, 0.05) is 10.5 Å². The summed E-state index contributed by atoms with van der Waals surface area (Å²) in [7, 11) is 0. The van der Waals surface area contributed by atoms with E-state index < -0.39 is 0 Å². The van der Waals surface area contributed by atoms with Gasteiger partial charge in [0.05, 0.1) is 17.4 Å². The van der Waals surface area contributed by atoms with Crippen LogP contribution in [0, 0.1) is 0 Å². The minimum absolute atomic E-state index is 0.183. The maximum atomic E-state index is 12.1. The van der Waals surface area contributed by atoms with E-state index in [1.54, 1.807) is 18.3 Å². The molecule has 1 unspecified atom stereocenters. The SMILES string of the molecule is CCC(C)Nc1ccc(NC(=O)c2ccccc2Br)nc1. The van der Waals surface area contributed by atoms with Crippen molar-refractivity contribution in [3.63, 3.8) is 0 Å². The summed E-state index contributed by atoms with van der Waals surface area (Å²) in [4.78, 5) is 16.4. The average molecular weight is 348 g/mol. The number of hydrogen-bond acceptors (Lipinski definition) is 3. The number of anilines is 2. The molecule has 0 spiro atoms. The average Bonchev–Trinajstić information content (AvgIpc) is 2.49. The molecule has 1 amide bonds. The number of rotatable bonds is 5. The summed E-state index contributed by atoms with van der Waals surface area (Å²) in [5, 5.41) is 6.12. The van der Waals surface area contributed by atoms with Crippen molar-refractivity contribution in [2.75, 3.05) is 10.6 Å². The number of carbonyl (C=O) groups excluding carboxylic acids is 1. The molecule has 1 heterocycles. The van der Waals surface area contributed by atoms with Crippen LogP contribution in [0.5, 0.6) is 0 Å². The van der Waals surface area contributed by atoms with Gasteiger partial charge in [0.1, 0.15) is 5.82 Å². The summed E-state index contributed by atoms with van der Waals surface area (Å²) in [6.45, 7) is 4.24. The van der Waals surface area contributed by atoms with Crippen LogP contribution in [0.25, 0.3) is 0 Å². The van der Waals surface area contributed by atoms with E-state index >= 15 is 0 Å². The lowest BCUT2D eigenvalue weighted by Crippen LogP contribution is -2.15. The summed E-state index contributed by atoms with van der Waals surface area (Å²) >= 11 is 3.37. The molecule has 0 radical (unpaired) electrons. The Morgan fingerprint density at radius 2 is 2.05 bits per heavy atom. The predicted octanol–water partition coefficient (Wildman–Crippen LogP) is 4.31. The molecule has 1 atom stereocenters. The van der Waals surface area contributed by atoms with Gasteiger partial charge in [-0.1, -0.05) is 19.1 Å². The summed E-state index contributed by atoms with van der Waals surface area (Å²) in [6.07, 6.45) is 2.77. The molecule has 110 valence electrons. The number of carbonyl (C=O) groups is 1. The molecule has 0 aliphatic heterocycles. The zero-order valence-electron chi connectivity index (χ0n) is 12.1. The second kappa shape index (κ2) is 7.22. The minimum atomic E-state index is -0.183. The molecule has 0 aliphatic rings. The molecular formula is C16H18BrN3O. The van der Waals surface area contributed by atoms with Crippen molar-refractivity contribution in [2.45, 2.75) is 26.3 Å². The number of pyridine rings is 1. The van der Waals surface area contributed by atoms with Gasteiger partial charge in [0.2, 0.25) is 0 Å². The third kappa shape index (κ3) is 4.29. The van der Waals surface area contributed by atoms with Gasteiger partial charge in [-0.15, -0.1) is 0 Å². The lowest BCUT2D eigenvalue weighted by atomic mass is 10.2. The van der Waals surface area contributed by atoms with E-state index in [0.29, 0.717) is 17.4 Å². The largest absolute Gasteiger partial charge is 0.381 e. The van der Waals surface area contributed by atoms with Crippen molar-refractivity contribution in [1.82, 2.24) is 4.98 Å². The molecule has 1 aromatic carbocycles. The van der Waals surface area contributed by atoms with Crippen molar-refractivity contribution in [1.29, 1.82) is 0 Å². The van der Waals surface area contributed by atoms with Gasteiger partial charge in [-0.3, -0.25) is 4.79 Å². The molecule has 0 aliphatic carbocycles. The Morgan fingerprint density at radius 1 is 1.29 bits per heavy atom. The van der Waals surface area contributed by atoms with Crippen molar-refractivity contribution in [3.8, 4) is 0 Å². The minimum Gasteiger partial charge on any atom is -0.381 e. The number of aromatic nitrogens is 1. The Morgan fingerprint density at radius 3 is 2.67 bits per heavy atom. The fourth-order valence-electron chi connectivity index (χ4n) is 1.77. The Hall–Kier alpha value is -1.88. The topological polar surface area (TPSA) is 54.0 Å². The van der Waals surface area contributed by atoms with Crippen LogP contribution in [0.15, 0.2) is 47.1 Å². The molecule has 2 rings (SSSR count). The Labute approximate surface area is 133 Å². The lowest BCUT2D eigenvalue weighted by molar-refractivity contribution is 0.102. The first-order valence-electron chi connectivity index (χ1n) is 6.88. The van der Waals surface area contributed by atoms with E-state index in [0.717, 1.165) is 16.6 Å². The lowest BCUT2D eigenvalue weighted by Gasteiger charge is -2.13. The zero-order valence-corrected chi connectivity index (χ0v) is 13.6. The smallest absolute Gasteiger partial charge is 0.257 e. The highest BCUT2D eigenvalue weighted by atomic mass is 79.9.